The Hall–Kier alpha value is -9.46. The van der Waals surface area contributed by atoms with Crippen LogP contribution < -0.4 is 24.9 Å². The van der Waals surface area contributed by atoms with Crippen LogP contribution in [-0.2, 0) is 22.4 Å². The maximum absolute atomic E-state index is 13.5. The topological polar surface area (TPSA) is 216 Å². The number of nitrogens with zero attached hydrogens (tertiary/aromatic N) is 15. The number of carbonyl (C=O) groups excluding carboxylic acids is 1. The van der Waals surface area contributed by atoms with Crippen LogP contribution in [0.4, 0.5) is 46.7 Å². The van der Waals surface area contributed by atoms with Crippen LogP contribution in [0.2, 0.25) is 0 Å². The van der Waals surface area contributed by atoms with E-state index in [4.69, 9.17) is 31.3 Å². The number of thiazole rings is 2. The average Bonchev–Trinajstić information content (AvgIpc) is 1.63. The van der Waals surface area contributed by atoms with E-state index in [0.717, 1.165) is 114 Å². The molecule has 0 radical (unpaired) electrons. The first kappa shape index (κ1) is 66.0. The second-order valence-electron chi connectivity index (χ2n) is 22.9. The summed E-state index contributed by atoms with van der Waals surface area (Å²) >= 11 is 2.58. The number of hydrogen-bond acceptors (Lipinski definition) is 17. The molecule has 19 nitrogen and oxygen atoms in total. The molecule has 0 spiro atoms. The van der Waals surface area contributed by atoms with Gasteiger partial charge in [0.15, 0.2) is 10.3 Å². The minimum atomic E-state index is -1.00. The number of hydrogen-bond donors (Lipinski definition) is 2. The molecule has 14 rings (SSSR count). The number of carboxylic acids is 1. The number of anilines is 6. The van der Waals surface area contributed by atoms with Gasteiger partial charge in [-0.15, -0.1) is 12.4 Å². The fraction of sp³-hybridized carbons (Fsp3) is 0.333. The molecule has 0 atom stereocenters. The maximum Gasteiger partial charge on any atom is 0.306 e. The van der Waals surface area contributed by atoms with Crippen molar-refractivity contribution in [2.75, 3.05) is 93.2 Å². The van der Waals surface area contributed by atoms with Crippen molar-refractivity contribution in [3.8, 4) is 56.9 Å². The van der Waals surface area contributed by atoms with Gasteiger partial charge in [-0.05, 0) is 162 Å². The number of rotatable bonds is 14. The Labute approximate surface area is 559 Å². The summed E-state index contributed by atoms with van der Waals surface area (Å²) < 4.78 is 46.7. The number of likely N-dealkylation sites (tertiary alicyclic amines) is 1. The third kappa shape index (κ3) is 14.5. The van der Waals surface area contributed by atoms with E-state index in [0.29, 0.717) is 87.2 Å². The third-order valence-electron chi connectivity index (χ3n) is 17.2. The first-order valence-corrected chi connectivity index (χ1v) is 32.7. The number of halogens is 4. The summed E-state index contributed by atoms with van der Waals surface area (Å²) in [7, 11) is 2.84. The first-order valence-electron chi connectivity index (χ1n) is 31.7. The zero-order valence-corrected chi connectivity index (χ0v) is 55.0. The lowest BCUT2D eigenvalue weighted by Crippen LogP contribution is -2.48. The second-order valence-corrected chi connectivity index (χ2v) is 24.9. The zero-order valence-electron chi connectivity index (χ0n) is 53.6. The highest BCUT2D eigenvalue weighted by Gasteiger charge is 2.32. The molecule has 12 heterocycles. The highest BCUT2D eigenvalue weighted by Crippen LogP contribution is 2.40. The molecule has 0 aliphatic carbocycles. The van der Waals surface area contributed by atoms with Crippen LogP contribution in [0.3, 0.4) is 0 Å². The Bertz CT molecular complexity index is 4360. The van der Waals surface area contributed by atoms with Gasteiger partial charge in [-0.2, -0.15) is 10.5 Å². The number of fused-ring (bicyclic) bond motifs is 2. The summed E-state index contributed by atoms with van der Waals surface area (Å²) in [5, 5.41) is 33.3. The molecule has 2 aromatic carbocycles. The molecule has 0 bridgehead atoms. The van der Waals surface area contributed by atoms with Crippen molar-refractivity contribution in [3.05, 3.63) is 155 Å². The molecule has 8 aromatic heterocycles. The SMILES string of the molecule is C1CNC1.CCc1nc2ccc(-c3ccc(N4CCC(C(=O)N5CCC5)CC4)nc3)cn2c1N(C)c1nc(-c2ccc(F)cc2)c(C#N)s1.CCc1nc2ccc(-c3ccc(N4CCC(C(=O)O)CC4)nc3)cn2c1N(C)c1nc(-c2ccc(F)cc2)c(C#N)s1.Cl.[2H]CF. The minimum Gasteiger partial charge on any atom is -0.481 e. The number of aliphatic carboxylic acids is 1. The summed E-state index contributed by atoms with van der Waals surface area (Å²) in [6.07, 6.45) is 14.7. The summed E-state index contributed by atoms with van der Waals surface area (Å²) in [5.41, 5.74) is 9.75. The van der Waals surface area contributed by atoms with E-state index < -0.39 is 13.1 Å². The molecule has 10 aromatic rings. The molecule has 2 N–H and O–H groups in total. The monoisotopic (exact) mass is 1330 g/mol. The van der Waals surface area contributed by atoms with Crippen LogP contribution in [0.1, 0.15) is 74.9 Å². The van der Waals surface area contributed by atoms with Crippen molar-refractivity contribution in [1.82, 2.24) is 48.9 Å². The lowest BCUT2D eigenvalue weighted by Gasteiger charge is -2.38. The Kier molecular flexibility index (Phi) is 21.4. The van der Waals surface area contributed by atoms with Crippen LogP contribution in [0.15, 0.2) is 122 Å². The van der Waals surface area contributed by atoms with Gasteiger partial charge in [0, 0.05) is 117 Å². The molecule has 1 amide bonds. The van der Waals surface area contributed by atoms with Gasteiger partial charge in [0.1, 0.15) is 79.5 Å². The van der Waals surface area contributed by atoms with Gasteiger partial charge in [0.05, 0.1) is 25.8 Å². The minimum absolute atomic E-state index is 0. The van der Waals surface area contributed by atoms with E-state index in [1.54, 1.807) is 24.3 Å². The van der Waals surface area contributed by atoms with Crippen LogP contribution >= 0.6 is 35.1 Å². The van der Waals surface area contributed by atoms with Crippen LogP contribution in [0.5, 0.6) is 0 Å². The van der Waals surface area contributed by atoms with E-state index in [1.807, 2.05) is 82.1 Å². The highest BCUT2D eigenvalue weighted by atomic mass is 35.5. The molecular formula is C69H72ClF3N16O3S2. The molecule has 4 aliphatic heterocycles. The fourth-order valence-corrected chi connectivity index (χ4v) is 13.4. The molecule has 486 valence electrons. The summed E-state index contributed by atoms with van der Waals surface area (Å²) in [6.45, 7) is 11.5. The van der Waals surface area contributed by atoms with Crippen molar-refractivity contribution in [1.29, 1.82) is 10.5 Å². The smallest absolute Gasteiger partial charge is 0.306 e. The number of pyridine rings is 4. The lowest BCUT2D eigenvalue weighted by atomic mass is 9.94. The number of piperidine rings is 2. The van der Waals surface area contributed by atoms with E-state index in [9.17, 15) is 38.4 Å². The number of nitrogens with one attached hydrogen (secondary N) is 1. The number of aromatic nitrogens is 8. The predicted octanol–water partition coefficient (Wildman–Crippen LogP) is 13.5. The van der Waals surface area contributed by atoms with E-state index in [2.05, 4.69) is 69.9 Å². The molecule has 25 heteroatoms. The number of nitriles is 2. The van der Waals surface area contributed by atoms with Crippen LogP contribution in [0, 0.1) is 46.1 Å². The van der Waals surface area contributed by atoms with Crippen LogP contribution in [0.25, 0.3) is 56.1 Å². The molecule has 4 aliphatic rings. The molecule has 94 heavy (non-hydrogen) atoms. The van der Waals surface area contributed by atoms with E-state index in [1.165, 1.54) is 66.4 Å². The third-order valence-corrected chi connectivity index (χ3v) is 19.3. The first-order chi connectivity index (χ1) is 45.7. The van der Waals surface area contributed by atoms with Crippen LogP contribution in [-0.4, -0.2) is 134 Å². The largest absolute Gasteiger partial charge is 0.481 e. The highest BCUT2D eigenvalue weighted by molar-refractivity contribution is 7.17. The van der Waals surface area contributed by atoms with E-state index >= 15 is 0 Å². The van der Waals surface area contributed by atoms with Gasteiger partial charge >= 0.3 is 5.97 Å². The van der Waals surface area contributed by atoms with E-state index in [-0.39, 0.29) is 35.9 Å². The number of carbonyl (C=O) groups is 2. The van der Waals surface area contributed by atoms with Gasteiger partial charge in [0.25, 0.3) is 0 Å². The fourth-order valence-electron chi connectivity index (χ4n) is 11.7. The second kappa shape index (κ2) is 30.5. The molecule has 0 saturated carbocycles. The van der Waals surface area contributed by atoms with Gasteiger partial charge in [-0.25, -0.2) is 38.7 Å². The Morgan fingerprint density at radius 3 is 1.32 bits per heavy atom. The standard InChI is InChI=1S/C34H33FN8OS.C31H28FN7O2S.C3H7N.CH3F.ClH/c1-3-27-32(40(2)34-39-31(28(19-36)45-34)22-5-9-26(35)10-6-22)43-21-25(8-12-30(43)38-27)24-7-11-29(37-20-24)41-17-13-23(14-18-41)33(44)42-15-4-16-42;1-3-24-29(37(2)31-36-28(25(16-33)42-31)19-4-8-23(32)9-5-19)39-18-22(7-11-27(39)35-24)21-6-10-26(34-17-21)38-14-12-20(13-15-38)30(40)41;1-2-4-3-1;1-2;/h5-12,20-21,23H,3-4,13-18H2,1-2H3;4-11,17-18,20H,3,12-15H2,1-2H3,(H,40,41);4H,1-3H2;1H3;1H/i;;;1D;. The Morgan fingerprint density at radius 1 is 0.606 bits per heavy atom. The summed E-state index contributed by atoms with van der Waals surface area (Å²) in [6, 6.07) is 32.7. The van der Waals surface area contributed by atoms with Gasteiger partial charge in [0.2, 0.25) is 5.91 Å². The lowest BCUT2D eigenvalue weighted by molar-refractivity contribution is -0.142. The average molecular weight is 1330 g/mol. The Morgan fingerprint density at radius 2 is 0.989 bits per heavy atom. The number of imidazole rings is 2. The maximum atomic E-state index is 13.5. The number of carboxylic acid groups (broad SMARTS) is 1. The molecule has 0 unspecified atom stereocenters. The van der Waals surface area contributed by atoms with Crippen molar-refractivity contribution in [3.63, 3.8) is 0 Å². The predicted molar refractivity (Wildman–Crippen MR) is 367 cm³/mol. The molecular weight excluding hydrogens is 1260 g/mol. The molecule has 4 fully saturated rings. The van der Waals surface area contributed by atoms with Gasteiger partial charge in [-0.1, -0.05) is 36.5 Å². The van der Waals surface area contributed by atoms with Crippen molar-refractivity contribution >= 4 is 91.8 Å². The molecule has 4 saturated heterocycles. The van der Waals surface area contributed by atoms with Gasteiger partial charge in [-0.3, -0.25) is 22.8 Å². The number of benzene rings is 2. The number of amides is 1. The normalized spacial score (nSPS) is 14.7. The number of alkyl halides is 1. The van der Waals surface area contributed by atoms with Gasteiger partial charge < -0.3 is 34.9 Å². The zero-order chi connectivity index (χ0) is 66.0. The van der Waals surface area contributed by atoms with Crippen molar-refractivity contribution < 1.29 is 29.2 Å². The van der Waals surface area contributed by atoms with Crippen molar-refractivity contribution in [2.45, 2.75) is 65.2 Å². The number of aryl methyl sites for hydroxylation is 2. The quantitative estimate of drug-likeness (QED) is 0.103. The summed E-state index contributed by atoms with van der Waals surface area (Å²) in [4.78, 5) is 64.0. The Balaban J connectivity index is 0.000000186. The summed E-state index contributed by atoms with van der Waals surface area (Å²) in [5.74, 6) is 2.27. The van der Waals surface area contributed by atoms with Crippen molar-refractivity contribution in [2.24, 2.45) is 11.8 Å².